The molecule has 0 aliphatic heterocycles. The maximum atomic E-state index is 12.9. The van der Waals surface area contributed by atoms with Gasteiger partial charge in [0.05, 0.1) is 11.4 Å². The third-order valence-electron chi connectivity index (χ3n) is 5.16. The summed E-state index contributed by atoms with van der Waals surface area (Å²) in [7, 11) is 0. The second-order valence-corrected chi connectivity index (χ2v) is 7.19. The van der Waals surface area contributed by atoms with E-state index in [-0.39, 0.29) is 5.91 Å². The van der Waals surface area contributed by atoms with Gasteiger partial charge in [-0.3, -0.25) is 4.79 Å². The van der Waals surface area contributed by atoms with Crippen LogP contribution in [0.3, 0.4) is 0 Å². The molecule has 3 aromatic heterocycles. The first kappa shape index (κ1) is 17.9. The lowest BCUT2D eigenvalue weighted by Crippen LogP contribution is -2.12. The predicted octanol–water partition coefficient (Wildman–Crippen LogP) is 5.35. The molecule has 0 fully saturated rings. The van der Waals surface area contributed by atoms with E-state index >= 15 is 0 Å². The monoisotopic (exact) mass is 392 g/mol. The van der Waals surface area contributed by atoms with Gasteiger partial charge in [-0.25, -0.2) is 4.98 Å². The minimum absolute atomic E-state index is 0.151. The van der Waals surface area contributed by atoms with Crippen LogP contribution in [0.1, 0.15) is 15.9 Å². The van der Waals surface area contributed by atoms with Gasteiger partial charge in [0.1, 0.15) is 5.65 Å². The van der Waals surface area contributed by atoms with Crippen molar-refractivity contribution in [2.24, 2.45) is 0 Å². The Balaban J connectivity index is 1.44. The summed E-state index contributed by atoms with van der Waals surface area (Å²) < 4.78 is 4.01. The zero-order valence-electron chi connectivity index (χ0n) is 16.5. The van der Waals surface area contributed by atoms with E-state index in [0.717, 1.165) is 33.8 Å². The Labute approximate surface area is 174 Å². The number of nitrogens with one attached hydrogen (secondary N) is 1. The Morgan fingerprint density at radius 2 is 1.63 bits per heavy atom. The smallest absolute Gasteiger partial charge is 0.255 e. The highest BCUT2D eigenvalue weighted by Crippen LogP contribution is 2.28. The van der Waals surface area contributed by atoms with Crippen LogP contribution in [0.5, 0.6) is 0 Å². The van der Waals surface area contributed by atoms with Crippen LogP contribution in [0.15, 0.2) is 97.6 Å². The van der Waals surface area contributed by atoms with Crippen molar-refractivity contribution >= 4 is 17.2 Å². The van der Waals surface area contributed by atoms with Crippen molar-refractivity contribution in [3.8, 4) is 16.9 Å². The molecule has 0 unspecified atom stereocenters. The zero-order valence-corrected chi connectivity index (χ0v) is 16.5. The van der Waals surface area contributed by atoms with Gasteiger partial charge in [0.15, 0.2) is 0 Å². The summed E-state index contributed by atoms with van der Waals surface area (Å²) >= 11 is 0. The molecule has 1 N–H and O–H groups in total. The van der Waals surface area contributed by atoms with Crippen LogP contribution in [0.2, 0.25) is 0 Å². The van der Waals surface area contributed by atoms with Gasteiger partial charge in [-0.05, 0) is 61.0 Å². The predicted molar refractivity (Wildman–Crippen MR) is 119 cm³/mol. The third kappa shape index (κ3) is 3.26. The Kier molecular flexibility index (Phi) is 4.41. The molecule has 5 nitrogen and oxygen atoms in total. The first-order chi connectivity index (χ1) is 14.7. The fourth-order valence-electron chi connectivity index (χ4n) is 3.58. The summed E-state index contributed by atoms with van der Waals surface area (Å²) in [6.07, 6.45) is 7.91. The molecule has 0 saturated heterocycles. The number of rotatable bonds is 4. The number of pyridine rings is 1. The van der Waals surface area contributed by atoms with E-state index in [4.69, 9.17) is 4.98 Å². The van der Waals surface area contributed by atoms with Crippen molar-refractivity contribution in [1.82, 2.24) is 14.0 Å². The van der Waals surface area contributed by atoms with Crippen LogP contribution in [0.4, 0.5) is 5.69 Å². The van der Waals surface area contributed by atoms with Gasteiger partial charge in [-0.15, -0.1) is 0 Å². The number of hydrogen-bond donors (Lipinski definition) is 1. The maximum Gasteiger partial charge on any atom is 0.255 e. The number of para-hydroxylation sites is 1. The number of anilines is 1. The number of imidazole rings is 1. The second kappa shape index (κ2) is 7.37. The first-order valence-electron chi connectivity index (χ1n) is 9.77. The largest absolute Gasteiger partial charge is 0.324 e. The molecule has 5 heteroatoms. The van der Waals surface area contributed by atoms with E-state index in [2.05, 4.69) is 5.32 Å². The number of amides is 1. The van der Waals surface area contributed by atoms with Crippen LogP contribution in [0, 0.1) is 6.92 Å². The van der Waals surface area contributed by atoms with Crippen molar-refractivity contribution in [1.29, 1.82) is 0 Å². The summed E-state index contributed by atoms with van der Waals surface area (Å²) in [6, 6.07) is 23.3. The number of carbonyl (C=O) groups excluding carboxylic acids is 1. The molecule has 0 aliphatic carbocycles. The SMILES string of the molecule is Cc1cccn2cc(-c3ccccc3NC(=O)c3ccc(-n4cccc4)cc3)nc12. The van der Waals surface area contributed by atoms with Gasteiger partial charge in [0, 0.05) is 41.6 Å². The molecule has 0 saturated carbocycles. The topological polar surface area (TPSA) is 51.3 Å². The minimum atomic E-state index is -0.151. The molecule has 2 aromatic carbocycles. The third-order valence-corrected chi connectivity index (χ3v) is 5.16. The normalized spacial score (nSPS) is 11.0. The number of nitrogens with zero attached hydrogens (tertiary/aromatic N) is 3. The molecule has 0 radical (unpaired) electrons. The Morgan fingerprint density at radius 3 is 2.40 bits per heavy atom. The Bertz CT molecular complexity index is 1330. The molecule has 146 valence electrons. The molecule has 1 amide bonds. The number of benzene rings is 2. The van der Waals surface area contributed by atoms with E-state index in [1.807, 2.05) is 113 Å². The summed E-state index contributed by atoms with van der Waals surface area (Å²) in [5.74, 6) is -0.151. The average Bonchev–Trinajstić information content (AvgIpc) is 3.45. The van der Waals surface area contributed by atoms with Gasteiger partial charge in [-0.2, -0.15) is 0 Å². The molecule has 30 heavy (non-hydrogen) atoms. The van der Waals surface area contributed by atoms with Crippen molar-refractivity contribution in [3.63, 3.8) is 0 Å². The molecule has 0 aliphatic rings. The lowest BCUT2D eigenvalue weighted by atomic mass is 10.1. The van der Waals surface area contributed by atoms with E-state index in [1.54, 1.807) is 0 Å². The summed E-state index contributed by atoms with van der Waals surface area (Å²) in [5.41, 5.74) is 6.07. The van der Waals surface area contributed by atoms with Gasteiger partial charge >= 0.3 is 0 Å². The van der Waals surface area contributed by atoms with E-state index in [9.17, 15) is 4.79 Å². The van der Waals surface area contributed by atoms with Crippen LogP contribution >= 0.6 is 0 Å². The number of fused-ring (bicyclic) bond motifs is 1. The van der Waals surface area contributed by atoms with Gasteiger partial charge < -0.3 is 14.3 Å². The molecule has 0 bridgehead atoms. The minimum Gasteiger partial charge on any atom is -0.324 e. The van der Waals surface area contributed by atoms with Crippen molar-refractivity contribution in [2.75, 3.05) is 5.32 Å². The quantitative estimate of drug-likeness (QED) is 0.448. The number of aromatic nitrogens is 3. The molecule has 3 heterocycles. The number of carbonyl (C=O) groups is 1. The van der Waals surface area contributed by atoms with Crippen LogP contribution in [-0.2, 0) is 0 Å². The van der Waals surface area contributed by atoms with E-state index < -0.39 is 0 Å². The number of hydrogen-bond acceptors (Lipinski definition) is 2. The molecule has 5 aromatic rings. The summed E-state index contributed by atoms with van der Waals surface area (Å²) in [5, 5.41) is 3.04. The zero-order chi connectivity index (χ0) is 20.5. The molecular formula is C25H20N4O. The number of aryl methyl sites for hydroxylation is 1. The highest BCUT2D eigenvalue weighted by molar-refractivity contribution is 6.06. The summed E-state index contributed by atoms with van der Waals surface area (Å²) in [4.78, 5) is 17.7. The molecule has 0 spiro atoms. The van der Waals surface area contributed by atoms with Crippen molar-refractivity contribution < 1.29 is 4.79 Å². The van der Waals surface area contributed by atoms with Crippen molar-refractivity contribution in [3.05, 3.63) is 109 Å². The lowest BCUT2D eigenvalue weighted by Gasteiger charge is -2.10. The van der Waals surface area contributed by atoms with Crippen molar-refractivity contribution in [2.45, 2.75) is 6.92 Å². The standard InChI is InChI=1S/C25H20N4O/c1-18-7-6-16-29-17-23(26-24(18)29)21-8-2-3-9-22(21)27-25(30)19-10-12-20(13-11-19)28-14-4-5-15-28/h2-17H,1H3,(H,27,30). The lowest BCUT2D eigenvalue weighted by molar-refractivity contribution is 0.102. The Hall–Kier alpha value is -4.12. The van der Waals surface area contributed by atoms with E-state index in [1.165, 1.54) is 0 Å². The summed E-state index contributed by atoms with van der Waals surface area (Å²) in [6.45, 7) is 2.04. The fraction of sp³-hybridized carbons (Fsp3) is 0.0400. The second-order valence-electron chi connectivity index (χ2n) is 7.19. The first-order valence-corrected chi connectivity index (χ1v) is 9.77. The molecular weight excluding hydrogens is 372 g/mol. The maximum absolute atomic E-state index is 12.9. The van der Waals surface area contributed by atoms with Crippen LogP contribution in [0.25, 0.3) is 22.6 Å². The van der Waals surface area contributed by atoms with Crippen LogP contribution in [-0.4, -0.2) is 19.9 Å². The fourth-order valence-corrected chi connectivity index (χ4v) is 3.58. The highest BCUT2D eigenvalue weighted by atomic mass is 16.1. The van der Waals surface area contributed by atoms with Gasteiger partial charge in [0.2, 0.25) is 0 Å². The van der Waals surface area contributed by atoms with Gasteiger partial charge in [-0.1, -0.05) is 24.3 Å². The molecule has 5 rings (SSSR count). The van der Waals surface area contributed by atoms with Crippen LogP contribution < -0.4 is 5.32 Å². The van der Waals surface area contributed by atoms with E-state index in [0.29, 0.717) is 5.56 Å². The van der Waals surface area contributed by atoms with Gasteiger partial charge in [0.25, 0.3) is 5.91 Å². The highest BCUT2D eigenvalue weighted by Gasteiger charge is 2.13. The average molecular weight is 392 g/mol. The Morgan fingerprint density at radius 1 is 0.867 bits per heavy atom. The molecule has 0 atom stereocenters.